The molecular formula is C10H19ClN2OS. The number of halogens is 1. The van der Waals surface area contributed by atoms with Crippen LogP contribution in [-0.2, 0) is 0 Å². The molecule has 0 rings (SSSR count). The molecule has 0 radical (unpaired) electrons. The minimum atomic E-state index is -0.242. The number of carbonyl (C=O) groups excluding carboxylic acids is 1. The Kier molecular flexibility index (Phi) is 8.91. The van der Waals surface area contributed by atoms with E-state index in [2.05, 4.69) is 11.9 Å². The van der Waals surface area contributed by atoms with Crippen LogP contribution < -0.4 is 0 Å². The summed E-state index contributed by atoms with van der Waals surface area (Å²) in [5.74, 6) is 0.921. The van der Waals surface area contributed by atoms with E-state index in [-0.39, 0.29) is 6.03 Å². The van der Waals surface area contributed by atoms with Crippen molar-refractivity contribution in [3.05, 3.63) is 0 Å². The van der Waals surface area contributed by atoms with E-state index in [1.807, 2.05) is 13.8 Å². The van der Waals surface area contributed by atoms with Gasteiger partial charge in [-0.05, 0) is 20.3 Å². The van der Waals surface area contributed by atoms with Gasteiger partial charge in [-0.1, -0.05) is 36.7 Å². The maximum absolute atomic E-state index is 11.5. The number of hydrogen-bond acceptors (Lipinski definition) is 2. The zero-order chi connectivity index (χ0) is 11.7. The van der Waals surface area contributed by atoms with Crippen LogP contribution in [0.5, 0.6) is 0 Å². The van der Waals surface area contributed by atoms with E-state index < -0.39 is 0 Å². The first-order valence-electron chi connectivity index (χ1n) is 5.31. The third-order valence-electron chi connectivity index (χ3n) is 1.94. The summed E-state index contributed by atoms with van der Waals surface area (Å²) in [6.45, 7) is 7.31. The molecule has 0 aromatic carbocycles. The quantitative estimate of drug-likeness (QED) is 0.425. The van der Waals surface area contributed by atoms with Gasteiger partial charge in [0.2, 0.25) is 0 Å². The lowest BCUT2D eigenvalue weighted by atomic mass is 10.4. The van der Waals surface area contributed by atoms with Gasteiger partial charge in [0.05, 0.1) is 0 Å². The van der Waals surface area contributed by atoms with Crippen molar-refractivity contribution in [1.82, 2.24) is 4.90 Å². The van der Waals surface area contributed by atoms with Crippen LogP contribution in [0.25, 0.3) is 0 Å². The maximum atomic E-state index is 11.5. The van der Waals surface area contributed by atoms with Crippen LogP contribution in [0.2, 0.25) is 0 Å². The Labute approximate surface area is 101 Å². The van der Waals surface area contributed by atoms with Gasteiger partial charge in [0.15, 0.2) is 4.50 Å². The molecule has 0 saturated heterocycles. The lowest BCUT2D eigenvalue weighted by Crippen LogP contribution is -2.28. The van der Waals surface area contributed by atoms with E-state index in [1.165, 1.54) is 11.8 Å². The maximum Gasteiger partial charge on any atom is 0.345 e. The van der Waals surface area contributed by atoms with Crippen molar-refractivity contribution >= 4 is 33.9 Å². The van der Waals surface area contributed by atoms with Crippen LogP contribution in [0, 0.1) is 0 Å². The fourth-order valence-electron chi connectivity index (χ4n) is 0.973. The molecule has 2 amide bonds. The number of unbranched alkanes of at least 4 members (excludes halogenated alkanes) is 1. The van der Waals surface area contributed by atoms with Crippen molar-refractivity contribution < 1.29 is 4.79 Å². The van der Waals surface area contributed by atoms with Crippen molar-refractivity contribution in [1.29, 1.82) is 0 Å². The molecule has 15 heavy (non-hydrogen) atoms. The summed E-state index contributed by atoms with van der Waals surface area (Å²) in [7, 11) is 0. The first-order chi connectivity index (χ1) is 7.15. The smallest absolute Gasteiger partial charge is 0.323 e. The largest absolute Gasteiger partial charge is 0.345 e. The fraction of sp³-hybridized carbons (Fsp3) is 0.800. The van der Waals surface area contributed by atoms with Crippen LogP contribution >= 0.6 is 23.4 Å². The van der Waals surface area contributed by atoms with Gasteiger partial charge in [0, 0.05) is 18.8 Å². The molecule has 0 N–H and O–H groups in total. The Morgan fingerprint density at radius 3 is 2.40 bits per heavy atom. The van der Waals surface area contributed by atoms with Gasteiger partial charge in [-0.25, -0.2) is 4.79 Å². The van der Waals surface area contributed by atoms with Gasteiger partial charge < -0.3 is 4.90 Å². The van der Waals surface area contributed by atoms with Crippen LogP contribution in [0.4, 0.5) is 4.79 Å². The summed E-state index contributed by atoms with van der Waals surface area (Å²) >= 11 is 7.27. The Balaban J connectivity index is 4.04. The Hall–Kier alpha value is -0.220. The Morgan fingerprint density at radius 2 is 1.93 bits per heavy atom. The molecule has 0 unspecified atom stereocenters. The first kappa shape index (κ1) is 14.8. The number of amides is 2. The van der Waals surface area contributed by atoms with Crippen molar-refractivity contribution in [2.75, 3.05) is 18.8 Å². The van der Waals surface area contributed by atoms with Gasteiger partial charge >= 0.3 is 6.03 Å². The van der Waals surface area contributed by atoms with Crippen molar-refractivity contribution in [3.8, 4) is 0 Å². The highest BCUT2D eigenvalue weighted by Gasteiger charge is 2.08. The third kappa shape index (κ3) is 6.79. The van der Waals surface area contributed by atoms with Crippen molar-refractivity contribution in [2.45, 2.75) is 33.6 Å². The van der Waals surface area contributed by atoms with Gasteiger partial charge in [-0.3, -0.25) is 0 Å². The molecule has 0 atom stereocenters. The zero-order valence-corrected chi connectivity index (χ0v) is 11.2. The van der Waals surface area contributed by atoms with Gasteiger partial charge in [0.1, 0.15) is 0 Å². The predicted molar refractivity (Wildman–Crippen MR) is 69.0 cm³/mol. The fourth-order valence-corrected chi connectivity index (χ4v) is 2.02. The predicted octanol–water partition coefficient (Wildman–Crippen LogP) is 3.58. The molecule has 0 bridgehead atoms. The SMILES string of the molecule is CCCCS/C(Cl)=N/C(=O)N(CC)CC. The lowest BCUT2D eigenvalue weighted by Gasteiger charge is -2.14. The van der Waals surface area contributed by atoms with Crippen LogP contribution in [-0.4, -0.2) is 34.3 Å². The number of urea groups is 1. The van der Waals surface area contributed by atoms with E-state index >= 15 is 0 Å². The van der Waals surface area contributed by atoms with E-state index in [0.29, 0.717) is 17.6 Å². The molecule has 0 aromatic rings. The van der Waals surface area contributed by atoms with Gasteiger partial charge in [-0.15, -0.1) is 0 Å². The summed E-state index contributed by atoms with van der Waals surface area (Å²) in [6.07, 6.45) is 2.22. The average molecular weight is 251 g/mol. The van der Waals surface area contributed by atoms with Gasteiger partial charge in [-0.2, -0.15) is 4.99 Å². The second kappa shape index (κ2) is 9.04. The van der Waals surface area contributed by atoms with Gasteiger partial charge in [0.25, 0.3) is 0 Å². The molecule has 0 aliphatic heterocycles. The molecule has 88 valence electrons. The highest BCUT2D eigenvalue weighted by atomic mass is 35.5. The van der Waals surface area contributed by atoms with Crippen LogP contribution in [0.1, 0.15) is 33.6 Å². The topological polar surface area (TPSA) is 32.7 Å². The molecule has 5 heteroatoms. The van der Waals surface area contributed by atoms with E-state index in [1.54, 1.807) is 4.90 Å². The minimum absolute atomic E-state index is 0.242. The molecule has 0 saturated carbocycles. The summed E-state index contributed by atoms with van der Waals surface area (Å²) in [6, 6.07) is -0.242. The third-order valence-corrected chi connectivity index (χ3v) is 3.17. The summed E-state index contributed by atoms with van der Waals surface area (Å²) < 4.78 is 0.348. The Bertz CT molecular complexity index is 217. The van der Waals surface area contributed by atoms with Crippen molar-refractivity contribution in [3.63, 3.8) is 0 Å². The molecule has 0 aliphatic carbocycles. The minimum Gasteiger partial charge on any atom is -0.323 e. The lowest BCUT2D eigenvalue weighted by molar-refractivity contribution is 0.213. The van der Waals surface area contributed by atoms with E-state index in [4.69, 9.17) is 11.6 Å². The van der Waals surface area contributed by atoms with Crippen molar-refractivity contribution in [2.24, 2.45) is 4.99 Å². The highest BCUT2D eigenvalue weighted by molar-refractivity contribution is 8.16. The number of rotatable bonds is 5. The second-order valence-corrected chi connectivity index (χ2v) is 4.69. The standard InChI is InChI=1S/C10H19ClN2OS/c1-4-7-8-15-9(11)12-10(14)13(5-2)6-3/h4-8H2,1-3H3/b12-9+. The number of thioether (sulfide) groups is 1. The molecule has 0 spiro atoms. The molecular weight excluding hydrogens is 232 g/mol. The molecule has 0 heterocycles. The summed E-state index contributed by atoms with van der Waals surface area (Å²) in [4.78, 5) is 17.0. The molecule has 0 fully saturated rings. The summed E-state index contributed by atoms with van der Waals surface area (Å²) in [5.41, 5.74) is 0. The van der Waals surface area contributed by atoms with E-state index in [0.717, 1.165) is 18.6 Å². The number of nitrogens with zero attached hydrogens (tertiary/aromatic N) is 2. The average Bonchev–Trinajstić information content (AvgIpc) is 2.20. The number of carbonyl (C=O) groups is 1. The zero-order valence-electron chi connectivity index (χ0n) is 9.62. The van der Waals surface area contributed by atoms with Crippen LogP contribution in [0.3, 0.4) is 0 Å². The number of aliphatic imine (C=N–C) groups is 1. The molecule has 0 aromatic heterocycles. The second-order valence-electron chi connectivity index (χ2n) is 3.02. The van der Waals surface area contributed by atoms with E-state index in [9.17, 15) is 4.79 Å². The Morgan fingerprint density at radius 1 is 1.33 bits per heavy atom. The normalized spacial score (nSPS) is 11.6. The monoisotopic (exact) mass is 250 g/mol. The number of hydrogen-bond donors (Lipinski definition) is 0. The highest BCUT2D eigenvalue weighted by Crippen LogP contribution is 2.11. The molecule has 0 aliphatic rings. The summed E-state index contributed by atoms with van der Waals surface area (Å²) in [5, 5.41) is 0. The first-order valence-corrected chi connectivity index (χ1v) is 6.67. The molecule has 3 nitrogen and oxygen atoms in total. The van der Waals surface area contributed by atoms with Crippen LogP contribution in [0.15, 0.2) is 4.99 Å².